The zero-order chi connectivity index (χ0) is 18.1. The minimum atomic E-state index is -0.620. The lowest BCUT2D eigenvalue weighted by molar-refractivity contribution is -0.119. The first-order valence-corrected chi connectivity index (χ1v) is 7.69. The van der Waals surface area contributed by atoms with Gasteiger partial charge in [0.2, 0.25) is 0 Å². The Morgan fingerprint density at radius 3 is 2.48 bits per heavy atom. The molecule has 132 valence electrons. The van der Waals surface area contributed by atoms with Crippen molar-refractivity contribution in [3.8, 4) is 5.75 Å². The largest absolute Gasteiger partial charge is 0.497 e. The van der Waals surface area contributed by atoms with Gasteiger partial charge in [0.25, 0.3) is 5.91 Å². The van der Waals surface area contributed by atoms with Gasteiger partial charge in [0.15, 0.2) is 6.61 Å². The molecule has 0 aliphatic rings. The van der Waals surface area contributed by atoms with Crippen LogP contribution in [-0.4, -0.2) is 43.9 Å². The average molecular weight is 344 g/mol. The molecule has 25 heavy (non-hydrogen) atoms. The number of rotatable bonds is 8. The van der Waals surface area contributed by atoms with E-state index < -0.39 is 18.5 Å². The molecule has 0 heterocycles. The Morgan fingerprint density at radius 2 is 1.80 bits per heavy atom. The van der Waals surface area contributed by atoms with Crippen LogP contribution in [-0.2, 0) is 9.53 Å². The average Bonchev–Trinajstić information content (AvgIpc) is 2.65. The molecule has 0 atom stereocenters. The fraction of sp³-hybridized carbons (Fsp3) is 0.222. The third-order valence-corrected chi connectivity index (χ3v) is 3.28. The number of hydrogen-bond acceptors (Lipinski definition) is 6. The van der Waals surface area contributed by atoms with Gasteiger partial charge in [-0.15, -0.1) is 0 Å². The molecule has 3 N–H and O–H groups in total. The highest BCUT2D eigenvalue weighted by Gasteiger charge is 2.14. The number of esters is 1. The number of ether oxygens (including phenoxy) is 2. The number of para-hydroxylation sites is 1. The first-order valence-electron chi connectivity index (χ1n) is 7.69. The number of methoxy groups -OCH3 is 1. The lowest BCUT2D eigenvalue weighted by Crippen LogP contribution is -2.21. The molecule has 0 radical (unpaired) electrons. The second-order valence-corrected chi connectivity index (χ2v) is 5.05. The van der Waals surface area contributed by atoms with Gasteiger partial charge >= 0.3 is 5.97 Å². The van der Waals surface area contributed by atoms with E-state index in [0.717, 1.165) is 0 Å². The number of benzene rings is 2. The zero-order valence-electron chi connectivity index (χ0n) is 13.8. The van der Waals surface area contributed by atoms with Crippen molar-refractivity contribution < 1.29 is 24.2 Å². The van der Waals surface area contributed by atoms with E-state index >= 15 is 0 Å². The molecule has 7 heteroatoms. The van der Waals surface area contributed by atoms with Gasteiger partial charge in [0.1, 0.15) is 5.75 Å². The molecule has 2 aromatic carbocycles. The van der Waals surface area contributed by atoms with E-state index in [1.807, 2.05) is 0 Å². The van der Waals surface area contributed by atoms with Crippen LogP contribution in [0.2, 0.25) is 0 Å². The van der Waals surface area contributed by atoms with Crippen LogP contribution in [0.4, 0.5) is 11.4 Å². The Hall–Kier alpha value is -3.06. The number of amides is 1. The van der Waals surface area contributed by atoms with Crippen LogP contribution in [0.25, 0.3) is 0 Å². The maximum atomic E-state index is 12.1. The molecule has 0 aliphatic heterocycles. The van der Waals surface area contributed by atoms with Gasteiger partial charge in [0.05, 0.1) is 19.3 Å². The maximum absolute atomic E-state index is 12.1. The Morgan fingerprint density at radius 1 is 1.08 bits per heavy atom. The highest BCUT2D eigenvalue weighted by molar-refractivity contribution is 5.98. The summed E-state index contributed by atoms with van der Waals surface area (Å²) < 4.78 is 10.1. The zero-order valence-corrected chi connectivity index (χ0v) is 13.8. The summed E-state index contributed by atoms with van der Waals surface area (Å²) in [6, 6.07) is 13.5. The first-order chi connectivity index (χ1) is 12.1. The van der Waals surface area contributed by atoms with Crippen molar-refractivity contribution in [1.29, 1.82) is 0 Å². The van der Waals surface area contributed by atoms with E-state index in [2.05, 4.69) is 10.6 Å². The molecule has 0 bridgehead atoms. The van der Waals surface area contributed by atoms with E-state index in [-0.39, 0.29) is 6.61 Å². The van der Waals surface area contributed by atoms with Crippen LogP contribution in [0.3, 0.4) is 0 Å². The van der Waals surface area contributed by atoms with Crippen LogP contribution in [0, 0.1) is 0 Å². The Bertz CT molecular complexity index is 716. The molecule has 1 amide bonds. The summed E-state index contributed by atoms with van der Waals surface area (Å²) in [5.74, 6) is -0.387. The predicted molar refractivity (Wildman–Crippen MR) is 93.9 cm³/mol. The Labute approximate surface area is 145 Å². The molecule has 0 fully saturated rings. The van der Waals surface area contributed by atoms with E-state index in [1.165, 1.54) is 0 Å². The van der Waals surface area contributed by atoms with Crippen molar-refractivity contribution in [3.63, 3.8) is 0 Å². The van der Waals surface area contributed by atoms with E-state index in [9.17, 15) is 9.59 Å². The molecule has 0 unspecified atom stereocenters. The van der Waals surface area contributed by atoms with Crippen LogP contribution in [0.5, 0.6) is 5.75 Å². The number of aliphatic hydroxyl groups excluding tert-OH is 1. The van der Waals surface area contributed by atoms with Gasteiger partial charge in [-0.25, -0.2) is 4.79 Å². The normalized spacial score (nSPS) is 10.0. The number of carbonyl (C=O) groups is 2. The number of anilines is 2. The van der Waals surface area contributed by atoms with Gasteiger partial charge in [-0.3, -0.25) is 4.79 Å². The van der Waals surface area contributed by atoms with Crippen LogP contribution < -0.4 is 15.4 Å². The quantitative estimate of drug-likeness (QED) is 0.633. The fourth-order valence-corrected chi connectivity index (χ4v) is 2.09. The van der Waals surface area contributed by atoms with Gasteiger partial charge < -0.3 is 25.2 Å². The van der Waals surface area contributed by atoms with Crippen molar-refractivity contribution in [2.75, 3.05) is 37.5 Å². The van der Waals surface area contributed by atoms with Gasteiger partial charge in [-0.2, -0.15) is 0 Å². The molecule has 0 saturated heterocycles. The van der Waals surface area contributed by atoms with E-state index in [0.29, 0.717) is 29.2 Å². The van der Waals surface area contributed by atoms with E-state index in [1.54, 1.807) is 55.6 Å². The number of aliphatic hydroxyl groups is 1. The summed E-state index contributed by atoms with van der Waals surface area (Å²) in [6.45, 7) is -0.158. The minimum Gasteiger partial charge on any atom is -0.497 e. The standard InChI is InChI=1S/C18H20N2O5/c1-24-14-8-6-13(7-9-14)20-17(22)12-25-18(23)15-4-2-3-5-16(15)19-10-11-21/h2-9,19,21H,10-12H2,1H3,(H,20,22). The van der Waals surface area contributed by atoms with Gasteiger partial charge in [0, 0.05) is 17.9 Å². The lowest BCUT2D eigenvalue weighted by Gasteiger charge is -2.11. The van der Waals surface area contributed by atoms with Crippen molar-refractivity contribution in [2.24, 2.45) is 0 Å². The maximum Gasteiger partial charge on any atom is 0.340 e. The lowest BCUT2D eigenvalue weighted by atomic mass is 10.2. The third-order valence-electron chi connectivity index (χ3n) is 3.28. The van der Waals surface area contributed by atoms with Crippen LogP contribution >= 0.6 is 0 Å². The van der Waals surface area contributed by atoms with E-state index in [4.69, 9.17) is 14.6 Å². The molecule has 0 aromatic heterocycles. The van der Waals surface area contributed by atoms with Gasteiger partial charge in [-0.05, 0) is 36.4 Å². The van der Waals surface area contributed by atoms with Gasteiger partial charge in [-0.1, -0.05) is 12.1 Å². The van der Waals surface area contributed by atoms with Crippen LogP contribution in [0.1, 0.15) is 10.4 Å². The van der Waals surface area contributed by atoms with Crippen molar-refractivity contribution in [3.05, 3.63) is 54.1 Å². The second kappa shape index (κ2) is 9.29. The highest BCUT2D eigenvalue weighted by Crippen LogP contribution is 2.17. The first kappa shape index (κ1) is 18.3. The predicted octanol–water partition coefficient (Wildman–Crippen LogP) is 1.89. The minimum absolute atomic E-state index is 0.0619. The Kier molecular flexibility index (Phi) is 6.79. The highest BCUT2D eigenvalue weighted by atomic mass is 16.5. The third kappa shape index (κ3) is 5.50. The molecule has 2 aromatic rings. The summed E-state index contributed by atoms with van der Waals surface area (Å²) in [7, 11) is 1.56. The number of nitrogens with one attached hydrogen (secondary N) is 2. The van der Waals surface area contributed by atoms with Crippen molar-refractivity contribution in [1.82, 2.24) is 0 Å². The summed E-state index contributed by atoms with van der Waals surface area (Å²) >= 11 is 0. The molecule has 7 nitrogen and oxygen atoms in total. The smallest absolute Gasteiger partial charge is 0.340 e. The summed E-state index contributed by atoms with van der Waals surface area (Å²) in [5.41, 5.74) is 1.41. The van der Waals surface area contributed by atoms with Crippen LogP contribution in [0.15, 0.2) is 48.5 Å². The summed E-state index contributed by atoms with van der Waals surface area (Å²) in [6.07, 6.45) is 0. The molecule has 0 aliphatic carbocycles. The fourth-order valence-electron chi connectivity index (χ4n) is 2.09. The second-order valence-electron chi connectivity index (χ2n) is 5.05. The molecule has 0 spiro atoms. The molecular formula is C18H20N2O5. The summed E-state index contributed by atoms with van der Waals surface area (Å²) in [4.78, 5) is 24.0. The van der Waals surface area contributed by atoms with Crippen molar-refractivity contribution >= 4 is 23.3 Å². The molecule has 0 saturated carbocycles. The topological polar surface area (TPSA) is 96.9 Å². The Balaban J connectivity index is 1.89. The number of hydrogen-bond donors (Lipinski definition) is 3. The molecular weight excluding hydrogens is 324 g/mol. The monoisotopic (exact) mass is 344 g/mol. The molecule has 2 rings (SSSR count). The summed E-state index contributed by atoms with van der Waals surface area (Å²) in [5, 5.41) is 14.4. The SMILES string of the molecule is COc1ccc(NC(=O)COC(=O)c2ccccc2NCCO)cc1. The van der Waals surface area contributed by atoms with Crippen molar-refractivity contribution in [2.45, 2.75) is 0 Å². The number of carbonyl (C=O) groups excluding carboxylic acids is 2.